The molecule has 1 aromatic heterocycles. The number of halogens is 3. The summed E-state index contributed by atoms with van der Waals surface area (Å²) in [7, 11) is 0. The van der Waals surface area contributed by atoms with Gasteiger partial charge in [-0.2, -0.15) is 0 Å². The Balaban J connectivity index is 2.19. The number of hydrogen-bond donors (Lipinski definition) is 1. The van der Waals surface area contributed by atoms with Crippen molar-refractivity contribution in [2.45, 2.75) is 0 Å². The van der Waals surface area contributed by atoms with Crippen LogP contribution in [0.15, 0.2) is 41.1 Å². The van der Waals surface area contributed by atoms with Gasteiger partial charge in [-0.15, -0.1) is 0 Å². The highest BCUT2D eigenvalue weighted by Gasteiger charge is 2.08. The average molecular weight is 346 g/mol. The second-order valence-electron chi connectivity index (χ2n) is 3.47. The molecule has 0 bridgehead atoms. The van der Waals surface area contributed by atoms with E-state index in [0.29, 0.717) is 21.3 Å². The van der Waals surface area contributed by atoms with Crippen LogP contribution in [0.3, 0.4) is 0 Å². The van der Waals surface area contributed by atoms with Gasteiger partial charge in [-0.25, -0.2) is 0 Å². The third-order valence-electron chi connectivity index (χ3n) is 2.14. The van der Waals surface area contributed by atoms with Crippen LogP contribution in [0.2, 0.25) is 10.0 Å². The molecule has 1 amide bonds. The molecule has 0 saturated carbocycles. The molecule has 1 aromatic carbocycles. The number of anilines is 1. The highest BCUT2D eigenvalue weighted by molar-refractivity contribution is 9.10. The first kappa shape index (κ1) is 13.3. The predicted molar refractivity (Wildman–Crippen MR) is 76.4 cm³/mol. The molecular weight excluding hydrogens is 339 g/mol. The van der Waals surface area contributed by atoms with Gasteiger partial charge in [0.15, 0.2) is 0 Å². The summed E-state index contributed by atoms with van der Waals surface area (Å²) < 4.78 is 0.787. The Hall–Kier alpha value is -1.10. The van der Waals surface area contributed by atoms with Gasteiger partial charge in [-0.3, -0.25) is 9.78 Å². The van der Waals surface area contributed by atoms with Crippen LogP contribution in [-0.2, 0) is 0 Å². The first-order valence-corrected chi connectivity index (χ1v) is 6.48. The van der Waals surface area contributed by atoms with Crippen LogP contribution in [0.25, 0.3) is 0 Å². The highest BCUT2D eigenvalue weighted by Crippen LogP contribution is 2.23. The molecule has 0 atom stereocenters. The molecule has 2 aromatic rings. The van der Waals surface area contributed by atoms with E-state index >= 15 is 0 Å². The van der Waals surface area contributed by atoms with Crippen LogP contribution in [0, 0.1) is 0 Å². The normalized spacial score (nSPS) is 10.2. The number of nitrogens with zero attached hydrogens (tertiary/aromatic N) is 1. The van der Waals surface area contributed by atoms with Gasteiger partial charge in [0.2, 0.25) is 0 Å². The Morgan fingerprint density at radius 2 is 1.94 bits per heavy atom. The minimum absolute atomic E-state index is 0.270. The van der Waals surface area contributed by atoms with Gasteiger partial charge in [-0.1, -0.05) is 23.2 Å². The largest absolute Gasteiger partial charge is 0.321 e. The van der Waals surface area contributed by atoms with E-state index in [1.54, 1.807) is 30.6 Å². The number of nitrogens with one attached hydrogen (secondary N) is 1. The molecule has 0 spiro atoms. The lowest BCUT2D eigenvalue weighted by Crippen LogP contribution is -2.11. The van der Waals surface area contributed by atoms with Gasteiger partial charge in [0.05, 0.1) is 21.9 Å². The number of amides is 1. The third-order valence-corrected chi connectivity index (χ3v) is 3.32. The van der Waals surface area contributed by atoms with E-state index < -0.39 is 0 Å². The number of carbonyl (C=O) groups is 1. The zero-order chi connectivity index (χ0) is 13.1. The van der Waals surface area contributed by atoms with E-state index in [0.717, 1.165) is 4.47 Å². The molecule has 1 N–H and O–H groups in total. The van der Waals surface area contributed by atoms with Crippen molar-refractivity contribution in [3.8, 4) is 0 Å². The quantitative estimate of drug-likeness (QED) is 0.876. The molecule has 0 aliphatic carbocycles. The summed E-state index contributed by atoms with van der Waals surface area (Å²) in [4.78, 5) is 15.9. The Morgan fingerprint density at radius 3 is 2.61 bits per heavy atom. The highest BCUT2D eigenvalue weighted by atomic mass is 79.9. The number of hydrogen-bond acceptors (Lipinski definition) is 2. The topological polar surface area (TPSA) is 42.0 Å². The van der Waals surface area contributed by atoms with Crippen LogP contribution in [0.5, 0.6) is 0 Å². The second kappa shape index (κ2) is 5.69. The number of carbonyl (C=O) groups excluding carboxylic acids is 1. The van der Waals surface area contributed by atoms with E-state index in [1.165, 1.54) is 6.07 Å². The van der Waals surface area contributed by atoms with Gasteiger partial charge in [0, 0.05) is 16.2 Å². The van der Waals surface area contributed by atoms with Gasteiger partial charge in [0.1, 0.15) is 0 Å². The molecule has 0 aliphatic heterocycles. The molecule has 3 nitrogen and oxygen atoms in total. The lowest BCUT2D eigenvalue weighted by molar-refractivity contribution is 0.102. The Morgan fingerprint density at radius 1 is 1.17 bits per heavy atom. The van der Waals surface area contributed by atoms with Crippen LogP contribution in [0.1, 0.15) is 10.4 Å². The van der Waals surface area contributed by atoms with Gasteiger partial charge >= 0.3 is 0 Å². The monoisotopic (exact) mass is 344 g/mol. The smallest absolute Gasteiger partial charge is 0.255 e. The van der Waals surface area contributed by atoms with Crippen molar-refractivity contribution in [1.29, 1.82) is 0 Å². The summed E-state index contributed by atoms with van der Waals surface area (Å²) in [6.07, 6.45) is 3.19. The fourth-order valence-corrected chi connectivity index (χ4v) is 1.98. The van der Waals surface area contributed by atoms with Crippen molar-refractivity contribution in [2.75, 3.05) is 5.32 Å². The fourth-order valence-electron chi connectivity index (χ4n) is 1.32. The number of benzene rings is 1. The predicted octanol–water partition coefficient (Wildman–Crippen LogP) is 4.40. The average Bonchev–Trinajstić information content (AvgIpc) is 2.32. The zero-order valence-electron chi connectivity index (χ0n) is 8.95. The van der Waals surface area contributed by atoms with Gasteiger partial charge in [0.25, 0.3) is 5.91 Å². The van der Waals surface area contributed by atoms with Crippen molar-refractivity contribution in [3.63, 3.8) is 0 Å². The first-order valence-electron chi connectivity index (χ1n) is 4.93. The maximum absolute atomic E-state index is 11.9. The van der Waals surface area contributed by atoms with E-state index in [-0.39, 0.29) is 5.91 Å². The molecule has 18 heavy (non-hydrogen) atoms. The molecule has 0 unspecified atom stereocenters. The lowest BCUT2D eigenvalue weighted by atomic mass is 10.2. The third kappa shape index (κ3) is 3.22. The summed E-state index contributed by atoms with van der Waals surface area (Å²) in [6, 6.07) is 6.46. The minimum Gasteiger partial charge on any atom is -0.321 e. The van der Waals surface area contributed by atoms with Crippen LogP contribution in [0.4, 0.5) is 5.69 Å². The summed E-state index contributed by atoms with van der Waals surface area (Å²) in [6.45, 7) is 0. The van der Waals surface area contributed by atoms with Crippen LogP contribution in [-0.4, -0.2) is 10.9 Å². The van der Waals surface area contributed by atoms with E-state index in [2.05, 4.69) is 26.2 Å². The number of pyridine rings is 1. The molecule has 2 rings (SSSR count). The van der Waals surface area contributed by atoms with E-state index in [9.17, 15) is 4.79 Å². The van der Waals surface area contributed by atoms with Crippen molar-refractivity contribution < 1.29 is 4.79 Å². The number of rotatable bonds is 2. The molecular formula is C12H7BrCl2N2O. The zero-order valence-corrected chi connectivity index (χ0v) is 12.1. The van der Waals surface area contributed by atoms with Crippen LogP contribution >= 0.6 is 39.1 Å². The minimum atomic E-state index is -0.270. The Bertz CT molecular complexity index is 604. The van der Waals surface area contributed by atoms with E-state index in [1.807, 2.05) is 0 Å². The van der Waals surface area contributed by atoms with Gasteiger partial charge in [-0.05, 0) is 40.2 Å². The van der Waals surface area contributed by atoms with Crippen molar-refractivity contribution in [3.05, 3.63) is 56.7 Å². The summed E-state index contributed by atoms with van der Waals surface area (Å²) in [5.41, 5.74) is 1.03. The van der Waals surface area contributed by atoms with Crippen molar-refractivity contribution in [1.82, 2.24) is 4.98 Å². The van der Waals surface area contributed by atoms with Crippen molar-refractivity contribution in [2.24, 2.45) is 0 Å². The first-order chi connectivity index (χ1) is 8.56. The fraction of sp³-hybridized carbons (Fsp3) is 0. The summed E-state index contributed by atoms with van der Waals surface area (Å²) in [5.74, 6) is -0.270. The van der Waals surface area contributed by atoms with Crippen LogP contribution < -0.4 is 5.32 Å². The molecule has 6 heteroatoms. The Kier molecular flexibility index (Phi) is 4.22. The summed E-state index contributed by atoms with van der Waals surface area (Å²) >= 11 is 14.9. The second-order valence-corrected chi connectivity index (χ2v) is 5.20. The molecule has 0 aliphatic rings. The van der Waals surface area contributed by atoms with Crippen molar-refractivity contribution >= 4 is 50.7 Å². The maximum Gasteiger partial charge on any atom is 0.255 e. The lowest BCUT2D eigenvalue weighted by Gasteiger charge is -2.06. The SMILES string of the molecule is O=C(Nc1cncc(Br)c1)c1ccc(Cl)c(Cl)c1. The molecule has 0 fully saturated rings. The molecule has 1 heterocycles. The summed E-state index contributed by atoms with van der Waals surface area (Å²) in [5, 5.41) is 3.47. The van der Waals surface area contributed by atoms with E-state index in [4.69, 9.17) is 23.2 Å². The standard InChI is InChI=1S/C12H7BrCl2N2O/c13-8-4-9(6-16-5-8)17-12(18)7-1-2-10(14)11(15)3-7/h1-6H,(H,17,18). The van der Waals surface area contributed by atoms with Gasteiger partial charge < -0.3 is 5.32 Å². The molecule has 0 saturated heterocycles. The maximum atomic E-state index is 11.9. The molecule has 0 radical (unpaired) electrons. The molecule has 92 valence electrons. The Labute approximate surface area is 122 Å². The number of aromatic nitrogens is 1.